The van der Waals surface area contributed by atoms with Crippen molar-refractivity contribution in [3.05, 3.63) is 60.4 Å². The van der Waals surface area contributed by atoms with Gasteiger partial charge in [0.15, 0.2) is 0 Å². The summed E-state index contributed by atoms with van der Waals surface area (Å²) in [7, 11) is 0. The lowest BCUT2D eigenvalue weighted by Gasteiger charge is -2.16. The summed E-state index contributed by atoms with van der Waals surface area (Å²) in [6.45, 7) is 9.28. The van der Waals surface area contributed by atoms with Crippen LogP contribution in [0.2, 0.25) is 0 Å². The van der Waals surface area contributed by atoms with Crippen LogP contribution in [0.25, 0.3) is 5.69 Å². The van der Waals surface area contributed by atoms with E-state index in [0.29, 0.717) is 6.04 Å². The van der Waals surface area contributed by atoms with Crippen molar-refractivity contribution in [3.63, 3.8) is 0 Å². The molecule has 0 radical (unpaired) electrons. The van der Waals surface area contributed by atoms with Crippen molar-refractivity contribution < 1.29 is 0 Å². The minimum Gasteiger partial charge on any atom is -0.309 e. The van der Waals surface area contributed by atoms with Crippen LogP contribution in [0.1, 0.15) is 44.8 Å². The number of allylic oxidation sites excluding steroid dienone is 1. The molecule has 0 fully saturated rings. The molecule has 0 bridgehead atoms. The van der Waals surface area contributed by atoms with Gasteiger partial charge in [0.2, 0.25) is 0 Å². The number of nitrogens with zero attached hydrogens (tertiary/aromatic N) is 2. The standard InChI is InChI=1S/C18H25N3/c1-4-13-19-17(11-10-15(2)3)18-12-14-21(20-18)16-8-6-5-7-9-16/h5-9,12,14,17,19H,2,4,10-11,13H2,1,3H3. The predicted molar refractivity (Wildman–Crippen MR) is 88.6 cm³/mol. The third-order valence-corrected chi connectivity index (χ3v) is 3.49. The first-order valence-electron chi connectivity index (χ1n) is 7.69. The molecule has 1 aromatic heterocycles. The van der Waals surface area contributed by atoms with E-state index in [4.69, 9.17) is 5.10 Å². The number of hydrogen-bond donors (Lipinski definition) is 1. The van der Waals surface area contributed by atoms with Crippen molar-refractivity contribution in [2.75, 3.05) is 6.54 Å². The number of rotatable bonds is 8. The smallest absolute Gasteiger partial charge is 0.0798 e. The van der Waals surface area contributed by atoms with Crippen LogP contribution in [0.3, 0.4) is 0 Å². The van der Waals surface area contributed by atoms with Crippen molar-refractivity contribution in [3.8, 4) is 5.69 Å². The number of nitrogens with one attached hydrogen (secondary N) is 1. The Morgan fingerprint density at radius 3 is 2.71 bits per heavy atom. The van der Waals surface area contributed by atoms with E-state index in [0.717, 1.165) is 37.2 Å². The highest BCUT2D eigenvalue weighted by Crippen LogP contribution is 2.20. The van der Waals surface area contributed by atoms with Crippen molar-refractivity contribution in [2.45, 2.75) is 39.2 Å². The molecule has 2 aromatic rings. The van der Waals surface area contributed by atoms with Gasteiger partial charge in [0.05, 0.1) is 17.4 Å². The average molecular weight is 283 g/mol. The summed E-state index contributed by atoms with van der Waals surface area (Å²) < 4.78 is 1.94. The fourth-order valence-corrected chi connectivity index (χ4v) is 2.31. The Hall–Kier alpha value is -1.87. The molecule has 0 aliphatic rings. The van der Waals surface area contributed by atoms with Gasteiger partial charge in [0, 0.05) is 6.20 Å². The SMILES string of the molecule is C=C(C)CCC(NCCC)c1ccn(-c2ccccc2)n1. The van der Waals surface area contributed by atoms with Crippen LogP contribution in [0.15, 0.2) is 54.7 Å². The summed E-state index contributed by atoms with van der Waals surface area (Å²) in [5.41, 5.74) is 3.42. The Kier molecular flexibility index (Phi) is 5.76. The Morgan fingerprint density at radius 1 is 1.29 bits per heavy atom. The molecule has 0 saturated heterocycles. The van der Waals surface area contributed by atoms with Gasteiger partial charge < -0.3 is 5.32 Å². The van der Waals surface area contributed by atoms with Crippen molar-refractivity contribution in [1.29, 1.82) is 0 Å². The van der Waals surface area contributed by atoms with Gasteiger partial charge in [-0.25, -0.2) is 4.68 Å². The van der Waals surface area contributed by atoms with Crippen LogP contribution in [0, 0.1) is 0 Å². The van der Waals surface area contributed by atoms with Crippen molar-refractivity contribution in [1.82, 2.24) is 15.1 Å². The molecule has 0 aliphatic carbocycles. The van der Waals surface area contributed by atoms with Crippen LogP contribution in [0.5, 0.6) is 0 Å². The normalized spacial score (nSPS) is 12.3. The zero-order valence-electron chi connectivity index (χ0n) is 13.0. The molecule has 1 aromatic carbocycles. The summed E-state index contributed by atoms with van der Waals surface area (Å²) in [5, 5.41) is 8.33. The molecule has 1 unspecified atom stereocenters. The van der Waals surface area contributed by atoms with Gasteiger partial charge in [0.1, 0.15) is 0 Å². The highest BCUT2D eigenvalue weighted by Gasteiger charge is 2.14. The van der Waals surface area contributed by atoms with Gasteiger partial charge in [-0.3, -0.25) is 0 Å². The summed E-state index contributed by atoms with van der Waals surface area (Å²) in [6, 6.07) is 12.6. The van der Waals surface area contributed by atoms with E-state index in [9.17, 15) is 0 Å². The van der Waals surface area contributed by atoms with Gasteiger partial charge in [-0.2, -0.15) is 5.10 Å². The summed E-state index contributed by atoms with van der Waals surface area (Å²) >= 11 is 0. The second-order valence-electron chi connectivity index (χ2n) is 5.52. The number of hydrogen-bond acceptors (Lipinski definition) is 2. The molecule has 1 N–H and O–H groups in total. The summed E-state index contributed by atoms with van der Waals surface area (Å²) in [5.74, 6) is 0. The molecule has 21 heavy (non-hydrogen) atoms. The van der Waals surface area contributed by atoms with Gasteiger partial charge in [-0.05, 0) is 50.9 Å². The zero-order valence-corrected chi connectivity index (χ0v) is 13.0. The maximum absolute atomic E-state index is 4.74. The maximum Gasteiger partial charge on any atom is 0.0798 e. The van der Waals surface area contributed by atoms with Crippen LogP contribution in [0.4, 0.5) is 0 Å². The van der Waals surface area contributed by atoms with Gasteiger partial charge in [0.25, 0.3) is 0 Å². The first kappa shape index (κ1) is 15.5. The Morgan fingerprint density at radius 2 is 2.05 bits per heavy atom. The van der Waals surface area contributed by atoms with E-state index in [1.54, 1.807) is 0 Å². The van der Waals surface area contributed by atoms with Crippen LogP contribution < -0.4 is 5.32 Å². The van der Waals surface area contributed by atoms with Gasteiger partial charge in [-0.1, -0.05) is 30.7 Å². The molecule has 1 heterocycles. The van der Waals surface area contributed by atoms with Crippen molar-refractivity contribution in [2.24, 2.45) is 0 Å². The Labute approximate surface area is 127 Å². The molecule has 0 saturated carbocycles. The molecular weight excluding hydrogens is 258 g/mol. The molecule has 0 spiro atoms. The molecular formula is C18H25N3. The Bertz CT molecular complexity index is 557. The molecule has 2 rings (SSSR count). The largest absolute Gasteiger partial charge is 0.309 e. The second-order valence-corrected chi connectivity index (χ2v) is 5.52. The quantitative estimate of drug-likeness (QED) is 0.733. The molecule has 0 aliphatic heterocycles. The first-order chi connectivity index (χ1) is 10.2. The van der Waals surface area contributed by atoms with Crippen LogP contribution >= 0.6 is 0 Å². The number of aromatic nitrogens is 2. The molecule has 112 valence electrons. The van der Waals surface area contributed by atoms with Gasteiger partial charge in [-0.15, -0.1) is 6.58 Å². The van der Waals surface area contributed by atoms with E-state index < -0.39 is 0 Å². The maximum atomic E-state index is 4.74. The molecule has 3 nitrogen and oxygen atoms in total. The average Bonchev–Trinajstić information content (AvgIpc) is 2.98. The lowest BCUT2D eigenvalue weighted by Crippen LogP contribution is -2.22. The third kappa shape index (κ3) is 4.57. The molecule has 0 amide bonds. The fourth-order valence-electron chi connectivity index (χ4n) is 2.31. The molecule has 1 atom stereocenters. The summed E-state index contributed by atoms with van der Waals surface area (Å²) in [4.78, 5) is 0. The third-order valence-electron chi connectivity index (χ3n) is 3.49. The lowest BCUT2D eigenvalue weighted by atomic mass is 10.0. The minimum atomic E-state index is 0.298. The first-order valence-corrected chi connectivity index (χ1v) is 7.69. The van der Waals surface area contributed by atoms with E-state index in [2.05, 4.69) is 43.9 Å². The van der Waals surface area contributed by atoms with Crippen LogP contribution in [-0.4, -0.2) is 16.3 Å². The Balaban J connectivity index is 2.12. The number of para-hydroxylation sites is 1. The summed E-state index contributed by atoms with van der Waals surface area (Å²) in [6.07, 6.45) is 5.23. The van der Waals surface area contributed by atoms with Gasteiger partial charge >= 0.3 is 0 Å². The van der Waals surface area contributed by atoms with Crippen molar-refractivity contribution >= 4 is 0 Å². The monoisotopic (exact) mass is 283 g/mol. The predicted octanol–water partition coefficient (Wildman–Crippen LogP) is 4.27. The lowest BCUT2D eigenvalue weighted by molar-refractivity contribution is 0.485. The minimum absolute atomic E-state index is 0.298. The van der Waals surface area contributed by atoms with E-state index >= 15 is 0 Å². The van der Waals surface area contributed by atoms with E-state index in [-0.39, 0.29) is 0 Å². The second kappa shape index (κ2) is 7.79. The fraction of sp³-hybridized carbons (Fsp3) is 0.389. The van der Waals surface area contributed by atoms with E-state index in [1.165, 1.54) is 5.57 Å². The molecule has 3 heteroatoms. The topological polar surface area (TPSA) is 29.9 Å². The number of benzene rings is 1. The van der Waals surface area contributed by atoms with E-state index in [1.807, 2.05) is 29.1 Å². The highest BCUT2D eigenvalue weighted by molar-refractivity contribution is 5.30. The zero-order chi connectivity index (χ0) is 15.1. The van der Waals surface area contributed by atoms with Crippen LogP contribution in [-0.2, 0) is 0 Å². The highest BCUT2D eigenvalue weighted by atomic mass is 15.3.